The van der Waals surface area contributed by atoms with Gasteiger partial charge in [-0.2, -0.15) is 0 Å². The summed E-state index contributed by atoms with van der Waals surface area (Å²) >= 11 is 0. The summed E-state index contributed by atoms with van der Waals surface area (Å²) in [6.45, 7) is 9.52. The number of benzene rings is 2. The van der Waals surface area contributed by atoms with E-state index in [0.29, 0.717) is 44.8 Å². The Hall–Kier alpha value is -2.85. The van der Waals surface area contributed by atoms with Crippen LogP contribution in [0.15, 0.2) is 42.5 Å². The molecular weight excluding hydrogens is 534 g/mol. The summed E-state index contributed by atoms with van der Waals surface area (Å²) in [5.74, 6) is 2.90. The van der Waals surface area contributed by atoms with E-state index >= 15 is 0 Å². The normalized spacial score (nSPS) is 29.8. The number of anilines is 1. The highest BCUT2D eigenvalue weighted by molar-refractivity contribution is 5.82. The molecule has 2 saturated heterocycles. The summed E-state index contributed by atoms with van der Waals surface area (Å²) in [4.78, 5) is 15.5. The van der Waals surface area contributed by atoms with Gasteiger partial charge < -0.3 is 39.2 Å². The number of rotatable bonds is 12. The molecular formula is C33H45N3O6. The van der Waals surface area contributed by atoms with Gasteiger partial charge in [-0.05, 0) is 53.6 Å². The van der Waals surface area contributed by atoms with E-state index in [1.807, 2.05) is 12.1 Å². The third-order valence-corrected chi connectivity index (χ3v) is 9.62. The monoisotopic (exact) mass is 579 g/mol. The summed E-state index contributed by atoms with van der Waals surface area (Å²) < 4.78 is 28.9. The minimum absolute atomic E-state index is 0.0761. The van der Waals surface area contributed by atoms with Crippen LogP contribution in [0.2, 0.25) is 0 Å². The summed E-state index contributed by atoms with van der Waals surface area (Å²) in [5.41, 5.74) is 3.19. The van der Waals surface area contributed by atoms with Gasteiger partial charge in [0.2, 0.25) is 5.91 Å². The van der Waals surface area contributed by atoms with Gasteiger partial charge in [-0.15, -0.1) is 0 Å². The van der Waals surface area contributed by atoms with E-state index in [4.69, 9.17) is 23.7 Å². The molecule has 6 rings (SSSR count). The van der Waals surface area contributed by atoms with E-state index in [1.54, 1.807) is 14.2 Å². The van der Waals surface area contributed by atoms with Crippen molar-refractivity contribution < 1.29 is 28.5 Å². The lowest BCUT2D eigenvalue weighted by atomic mass is 9.68. The zero-order valence-electron chi connectivity index (χ0n) is 25.1. The second kappa shape index (κ2) is 12.8. The van der Waals surface area contributed by atoms with Crippen LogP contribution >= 0.6 is 0 Å². The van der Waals surface area contributed by atoms with Crippen LogP contribution in [0.1, 0.15) is 30.4 Å². The smallest absolute Gasteiger partial charge is 0.223 e. The quantitative estimate of drug-likeness (QED) is 0.371. The van der Waals surface area contributed by atoms with Crippen LogP contribution in [-0.2, 0) is 25.6 Å². The summed E-state index contributed by atoms with van der Waals surface area (Å²) in [6.07, 6.45) is 0.895. The Morgan fingerprint density at radius 3 is 2.71 bits per heavy atom. The van der Waals surface area contributed by atoms with Crippen LogP contribution in [-0.4, -0.2) is 85.4 Å². The van der Waals surface area contributed by atoms with Gasteiger partial charge in [0.25, 0.3) is 0 Å². The van der Waals surface area contributed by atoms with E-state index in [2.05, 4.69) is 52.8 Å². The number of fused-ring (bicyclic) bond motifs is 2. The molecule has 0 spiro atoms. The second-order valence-electron chi connectivity index (χ2n) is 12.5. The fourth-order valence-corrected chi connectivity index (χ4v) is 7.21. The van der Waals surface area contributed by atoms with E-state index in [-0.39, 0.29) is 29.3 Å². The Kier molecular flexibility index (Phi) is 8.90. The molecule has 1 saturated carbocycles. The fourth-order valence-electron chi connectivity index (χ4n) is 7.21. The summed E-state index contributed by atoms with van der Waals surface area (Å²) in [5, 5.41) is 6.93. The number of carbonyl (C=O) groups is 1. The Morgan fingerprint density at radius 1 is 1.14 bits per heavy atom. The maximum atomic E-state index is 13.1. The number of hydrogen-bond donors (Lipinski definition) is 2. The summed E-state index contributed by atoms with van der Waals surface area (Å²) in [7, 11) is 3.43. The number of nitrogens with zero attached hydrogens (tertiary/aromatic N) is 1. The van der Waals surface area contributed by atoms with Gasteiger partial charge >= 0.3 is 0 Å². The lowest BCUT2D eigenvalue weighted by Gasteiger charge is -2.46. The molecule has 2 aromatic rings. The van der Waals surface area contributed by atoms with E-state index < -0.39 is 0 Å². The molecule has 3 fully saturated rings. The number of amides is 1. The predicted molar refractivity (Wildman–Crippen MR) is 160 cm³/mol. The number of nitrogens with one attached hydrogen (secondary N) is 2. The van der Waals surface area contributed by atoms with Gasteiger partial charge in [0.05, 0.1) is 45.3 Å². The van der Waals surface area contributed by atoms with Crippen LogP contribution in [0.3, 0.4) is 0 Å². The third kappa shape index (κ3) is 6.11. The average Bonchev–Trinajstić information content (AvgIpc) is 3.50. The fraction of sp³-hybridized carbons (Fsp3) is 0.606. The molecule has 1 amide bonds. The molecule has 4 unspecified atom stereocenters. The molecule has 42 heavy (non-hydrogen) atoms. The minimum atomic E-state index is -0.241. The Labute approximate surface area is 249 Å². The molecule has 228 valence electrons. The maximum Gasteiger partial charge on any atom is 0.223 e. The van der Waals surface area contributed by atoms with E-state index in [9.17, 15) is 4.79 Å². The zero-order valence-corrected chi connectivity index (χ0v) is 25.1. The van der Waals surface area contributed by atoms with Crippen molar-refractivity contribution in [3.05, 3.63) is 53.6 Å². The topological polar surface area (TPSA) is 90.5 Å². The van der Waals surface area contributed by atoms with Crippen molar-refractivity contribution >= 4 is 11.6 Å². The predicted octanol–water partition coefficient (Wildman–Crippen LogP) is 3.22. The first kappa shape index (κ1) is 29.2. The number of hydrogen-bond acceptors (Lipinski definition) is 8. The van der Waals surface area contributed by atoms with Crippen LogP contribution in [0.25, 0.3) is 0 Å². The van der Waals surface area contributed by atoms with Crippen LogP contribution in [0.4, 0.5) is 5.69 Å². The van der Waals surface area contributed by atoms with Gasteiger partial charge in [0.1, 0.15) is 18.1 Å². The molecule has 9 nitrogen and oxygen atoms in total. The highest BCUT2D eigenvalue weighted by Crippen LogP contribution is 2.51. The molecule has 9 heteroatoms. The van der Waals surface area contributed by atoms with Gasteiger partial charge in [-0.3, -0.25) is 4.79 Å². The minimum Gasteiger partial charge on any atom is -0.497 e. The van der Waals surface area contributed by atoms with E-state index in [1.165, 1.54) is 5.56 Å². The highest BCUT2D eigenvalue weighted by atomic mass is 16.5. The molecule has 1 aliphatic carbocycles. The lowest BCUT2D eigenvalue weighted by molar-refractivity contribution is -0.124. The Morgan fingerprint density at radius 2 is 1.95 bits per heavy atom. The zero-order chi connectivity index (χ0) is 29.1. The van der Waals surface area contributed by atoms with Gasteiger partial charge in [0, 0.05) is 57.1 Å². The molecule has 0 aromatic heterocycles. The van der Waals surface area contributed by atoms with Gasteiger partial charge in [-0.25, -0.2) is 0 Å². The molecule has 2 aromatic carbocycles. The Bertz CT molecular complexity index is 1210. The molecule has 3 aliphatic heterocycles. The highest BCUT2D eigenvalue weighted by Gasteiger charge is 2.58. The van der Waals surface area contributed by atoms with Crippen molar-refractivity contribution in [3.8, 4) is 11.5 Å². The Balaban J connectivity index is 1.17. The van der Waals surface area contributed by atoms with Crippen LogP contribution < -0.4 is 25.0 Å². The van der Waals surface area contributed by atoms with Gasteiger partial charge in [0.15, 0.2) is 0 Å². The first-order valence-electron chi connectivity index (χ1n) is 15.3. The van der Waals surface area contributed by atoms with Crippen molar-refractivity contribution in [1.82, 2.24) is 10.6 Å². The molecule has 5 atom stereocenters. The molecule has 4 aliphatic rings. The molecule has 0 bridgehead atoms. The third-order valence-electron chi connectivity index (χ3n) is 9.62. The van der Waals surface area contributed by atoms with Crippen molar-refractivity contribution in [3.63, 3.8) is 0 Å². The standard InChI is InChI=1S/C33H45N3O6/c1-33(21-35-32(37)30-25-18-40-19-26(25)30)20-34-16-29(31(33)23-6-8-24(39-3)9-7-23)42-17-22-5-10-28-27(15-22)36(12-14-41-28)11-4-13-38-2/h5-10,15,25-26,29-31,34H,4,11-14,16-21H2,1-3H3,(H,35,37)/t25?,26?,29?,30?,31?,33-/m1/s1. The SMILES string of the molecule is COCCCN1CCOc2ccc(COC3CNC[C@](C)(CNC(=O)C4C5COCC54)C3c3ccc(OC)cc3)cc21. The number of piperidine rings is 1. The van der Waals surface area contributed by atoms with E-state index in [0.717, 1.165) is 62.0 Å². The van der Waals surface area contributed by atoms with Gasteiger partial charge in [-0.1, -0.05) is 25.1 Å². The largest absolute Gasteiger partial charge is 0.497 e. The molecule has 0 radical (unpaired) electrons. The van der Waals surface area contributed by atoms with Crippen LogP contribution in [0, 0.1) is 23.2 Å². The van der Waals surface area contributed by atoms with Crippen LogP contribution in [0.5, 0.6) is 11.5 Å². The van der Waals surface area contributed by atoms with Crippen molar-refractivity contribution in [2.45, 2.75) is 32.0 Å². The molecule has 2 N–H and O–H groups in total. The second-order valence-corrected chi connectivity index (χ2v) is 12.5. The summed E-state index contributed by atoms with van der Waals surface area (Å²) in [6, 6.07) is 14.7. The number of methoxy groups -OCH3 is 2. The number of carbonyl (C=O) groups excluding carboxylic acids is 1. The lowest BCUT2D eigenvalue weighted by Crippen LogP contribution is -2.56. The first-order chi connectivity index (χ1) is 20.5. The van der Waals surface area contributed by atoms with Crippen molar-refractivity contribution in [2.75, 3.05) is 78.3 Å². The van der Waals surface area contributed by atoms with Crippen molar-refractivity contribution in [2.24, 2.45) is 23.2 Å². The maximum absolute atomic E-state index is 13.1. The number of ether oxygens (including phenoxy) is 5. The molecule has 3 heterocycles. The van der Waals surface area contributed by atoms with Crippen molar-refractivity contribution in [1.29, 1.82) is 0 Å². The first-order valence-corrected chi connectivity index (χ1v) is 15.3. The average molecular weight is 580 g/mol.